The van der Waals surface area contributed by atoms with Crippen molar-refractivity contribution in [2.24, 2.45) is 0 Å². The Morgan fingerprint density at radius 3 is 3.11 bits per heavy atom. The molecule has 1 N–H and O–H groups in total. The van der Waals surface area contributed by atoms with Crippen molar-refractivity contribution in [2.45, 2.75) is 51.6 Å². The van der Waals surface area contributed by atoms with Gasteiger partial charge in [0.2, 0.25) is 0 Å². The van der Waals surface area contributed by atoms with Gasteiger partial charge in [0, 0.05) is 17.5 Å². The highest BCUT2D eigenvalue weighted by atomic mass is 32.1. The fraction of sp³-hybridized carbons (Fsp3) is 0.643. The molecule has 0 aliphatic carbocycles. The Hall–Kier alpha value is -0.610. The molecule has 0 saturated carbocycles. The highest BCUT2D eigenvalue weighted by Crippen LogP contribution is 2.19. The van der Waals surface area contributed by atoms with Crippen LogP contribution in [-0.4, -0.2) is 22.6 Å². The van der Waals surface area contributed by atoms with Gasteiger partial charge < -0.3 is 10.2 Å². The summed E-state index contributed by atoms with van der Waals surface area (Å²) in [6.07, 6.45) is 6.46. The molecule has 4 heteroatoms. The molecule has 0 aromatic carbocycles. The molecule has 18 heavy (non-hydrogen) atoms. The molecule has 0 amide bonds. The Morgan fingerprint density at radius 2 is 2.39 bits per heavy atom. The van der Waals surface area contributed by atoms with Crippen LogP contribution in [0.25, 0.3) is 0 Å². The van der Waals surface area contributed by atoms with Gasteiger partial charge in [0.25, 0.3) is 0 Å². The number of thiophene rings is 1. The van der Waals surface area contributed by atoms with Crippen molar-refractivity contribution in [2.75, 3.05) is 6.54 Å². The molecule has 0 bridgehead atoms. The predicted octanol–water partition coefficient (Wildman–Crippen LogP) is 3.78. The largest absolute Gasteiger partial charge is 0.358 e. The molecule has 100 valence electrons. The molecule has 1 fully saturated rings. The molecule has 1 atom stereocenters. The molecule has 1 unspecified atom stereocenters. The van der Waals surface area contributed by atoms with Crippen molar-refractivity contribution >= 4 is 28.7 Å². The van der Waals surface area contributed by atoms with E-state index in [4.69, 9.17) is 12.2 Å². The molecule has 1 aliphatic rings. The number of rotatable bonds is 3. The summed E-state index contributed by atoms with van der Waals surface area (Å²) >= 11 is 7.35. The second kappa shape index (κ2) is 7.10. The van der Waals surface area contributed by atoms with E-state index in [1.54, 1.807) is 11.3 Å². The van der Waals surface area contributed by atoms with Gasteiger partial charge in [0.05, 0.1) is 6.54 Å². The van der Waals surface area contributed by atoms with E-state index in [1.807, 2.05) is 0 Å². The van der Waals surface area contributed by atoms with E-state index in [0.717, 1.165) is 18.2 Å². The summed E-state index contributed by atoms with van der Waals surface area (Å²) in [6, 6.07) is 4.88. The standard InChI is InChI=1S/C14H22N2S2/c1-2-12-7-4-3-5-9-16(12)14(17)15-11-13-8-6-10-18-13/h6,8,10,12H,2-5,7,9,11H2,1H3,(H,15,17). The molecule has 1 saturated heterocycles. The van der Waals surface area contributed by atoms with Gasteiger partial charge >= 0.3 is 0 Å². The summed E-state index contributed by atoms with van der Waals surface area (Å²) in [5.41, 5.74) is 0. The Morgan fingerprint density at radius 1 is 1.50 bits per heavy atom. The molecule has 1 aliphatic heterocycles. The van der Waals surface area contributed by atoms with E-state index in [1.165, 1.54) is 37.0 Å². The molecular formula is C14H22N2S2. The van der Waals surface area contributed by atoms with Crippen LogP contribution in [-0.2, 0) is 6.54 Å². The van der Waals surface area contributed by atoms with Gasteiger partial charge in [-0.05, 0) is 42.9 Å². The van der Waals surface area contributed by atoms with E-state index in [0.29, 0.717) is 6.04 Å². The monoisotopic (exact) mass is 282 g/mol. The van der Waals surface area contributed by atoms with Crippen LogP contribution in [0.1, 0.15) is 43.9 Å². The van der Waals surface area contributed by atoms with Gasteiger partial charge in [-0.2, -0.15) is 0 Å². The van der Waals surface area contributed by atoms with Gasteiger partial charge in [0.15, 0.2) is 5.11 Å². The fourth-order valence-corrected chi connectivity index (χ4v) is 3.50. The van der Waals surface area contributed by atoms with Crippen molar-refractivity contribution in [3.63, 3.8) is 0 Å². The van der Waals surface area contributed by atoms with E-state index in [9.17, 15) is 0 Å². The Bertz CT molecular complexity index is 362. The van der Waals surface area contributed by atoms with Crippen LogP contribution in [0, 0.1) is 0 Å². The quantitative estimate of drug-likeness (QED) is 0.850. The molecule has 2 heterocycles. The first-order chi connectivity index (χ1) is 8.81. The first kappa shape index (κ1) is 13.8. The summed E-state index contributed by atoms with van der Waals surface area (Å²) in [5.74, 6) is 0. The minimum atomic E-state index is 0.635. The maximum absolute atomic E-state index is 5.57. The smallest absolute Gasteiger partial charge is 0.169 e. The lowest BCUT2D eigenvalue weighted by Gasteiger charge is -2.31. The van der Waals surface area contributed by atoms with Crippen molar-refractivity contribution in [1.29, 1.82) is 0 Å². The predicted molar refractivity (Wildman–Crippen MR) is 83.0 cm³/mol. The minimum Gasteiger partial charge on any atom is -0.358 e. The van der Waals surface area contributed by atoms with Gasteiger partial charge in [-0.25, -0.2) is 0 Å². The maximum Gasteiger partial charge on any atom is 0.169 e. The Balaban J connectivity index is 1.89. The number of nitrogens with zero attached hydrogens (tertiary/aromatic N) is 1. The van der Waals surface area contributed by atoms with E-state index in [-0.39, 0.29) is 0 Å². The lowest BCUT2D eigenvalue weighted by atomic mass is 10.1. The lowest BCUT2D eigenvalue weighted by Crippen LogP contribution is -2.45. The number of hydrogen-bond donors (Lipinski definition) is 1. The van der Waals surface area contributed by atoms with Gasteiger partial charge in [-0.3, -0.25) is 0 Å². The van der Waals surface area contributed by atoms with E-state index in [2.05, 4.69) is 34.7 Å². The average Bonchev–Trinajstić information content (AvgIpc) is 2.79. The second-order valence-corrected chi connectivity index (χ2v) is 6.26. The van der Waals surface area contributed by atoms with Crippen LogP contribution in [0.5, 0.6) is 0 Å². The van der Waals surface area contributed by atoms with Gasteiger partial charge in [-0.1, -0.05) is 25.8 Å². The second-order valence-electron chi connectivity index (χ2n) is 4.84. The Labute approximate surface area is 119 Å². The third-order valence-corrected chi connectivity index (χ3v) is 4.86. The lowest BCUT2D eigenvalue weighted by molar-refractivity contribution is 0.303. The van der Waals surface area contributed by atoms with Gasteiger partial charge in [0.1, 0.15) is 0 Å². The highest BCUT2D eigenvalue weighted by Gasteiger charge is 2.21. The first-order valence-electron chi connectivity index (χ1n) is 6.88. The maximum atomic E-state index is 5.57. The average molecular weight is 282 g/mol. The molecule has 2 rings (SSSR count). The Kier molecular flexibility index (Phi) is 5.45. The van der Waals surface area contributed by atoms with Crippen LogP contribution in [0.2, 0.25) is 0 Å². The number of hydrogen-bond acceptors (Lipinski definition) is 2. The summed E-state index contributed by atoms with van der Waals surface area (Å²) in [7, 11) is 0. The molecule has 1 aromatic rings. The zero-order chi connectivity index (χ0) is 12.8. The topological polar surface area (TPSA) is 15.3 Å². The summed E-state index contributed by atoms with van der Waals surface area (Å²) in [4.78, 5) is 3.76. The van der Waals surface area contributed by atoms with Gasteiger partial charge in [-0.15, -0.1) is 11.3 Å². The highest BCUT2D eigenvalue weighted by molar-refractivity contribution is 7.80. The fourth-order valence-electron chi connectivity index (χ4n) is 2.55. The molecule has 0 spiro atoms. The number of likely N-dealkylation sites (tertiary alicyclic amines) is 1. The zero-order valence-electron chi connectivity index (χ0n) is 11.0. The van der Waals surface area contributed by atoms with Crippen LogP contribution in [0.3, 0.4) is 0 Å². The van der Waals surface area contributed by atoms with E-state index >= 15 is 0 Å². The van der Waals surface area contributed by atoms with Crippen LogP contribution in [0.4, 0.5) is 0 Å². The normalized spacial score (nSPS) is 20.5. The minimum absolute atomic E-state index is 0.635. The molecule has 0 radical (unpaired) electrons. The number of thiocarbonyl (C=S) groups is 1. The molecule has 2 nitrogen and oxygen atoms in total. The third-order valence-electron chi connectivity index (χ3n) is 3.60. The van der Waals surface area contributed by atoms with Crippen molar-refractivity contribution in [1.82, 2.24) is 10.2 Å². The van der Waals surface area contributed by atoms with Crippen molar-refractivity contribution < 1.29 is 0 Å². The third kappa shape index (κ3) is 3.69. The number of nitrogens with one attached hydrogen (secondary N) is 1. The summed E-state index contributed by atoms with van der Waals surface area (Å²) in [6.45, 7) is 4.25. The SMILES string of the molecule is CCC1CCCCCN1C(=S)NCc1cccs1. The first-order valence-corrected chi connectivity index (χ1v) is 8.17. The van der Waals surface area contributed by atoms with Crippen LogP contribution >= 0.6 is 23.6 Å². The molecule has 1 aromatic heterocycles. The van der Waals surface area contributed by atoms with Crippen LogP contribution < -0.4 is 5.32 Å². The summed E-state index contributed by atoms with van der Waals surface area (Å²) < 4.78 is 0. The van der Waals surface area contributed by atoms with Crippen molar-refractivity contribution in [3.8, 4) is 0 Å². The van der Waals surface area contributed by atoms with Crippen molar-refractivity contribution in [3.05, 3.63) is 22.4 Å². The zero-order valence-corrected chi connectivity index (χ0v) is 12.7. The molecular weight excluding hydrogens is 260 g/mol. The summed E-state index contributed by atoms with van der Waals surface area (Å²) in [5, 5.41) is 6.47. The van der Waals surface area contributed by atoms with E-state index < -0.39 is 0 Å². The van der Waals surface area contributed by atoms with Crippen LogP contribution in [0.15, 0.2) is 17.5 Å².